The van der Waals surface area contributed by atoms with Crippen molar-refractivity contribution >= 4 is 69.8 Å². The van der Waals surface area contributed by atoms with E-state index in [4.69, 9.17) is 21.1 Å². The van der Waals surface area contributed by atoms with Crippen LogP contribution in [0.15, 0.2) is 76.6 Å². The molecule has 4 aliphatic rings. The predicted octanol–water partition coefficient (Wildman–Crippen LogP) is 6.98. The van der Waals surface area contributed by atoms with Gasteiger partial charge in [0.05, 0.1) is 40.3 Å². The van der Waals surface area contributed by atoms with Gasteiger partial charge < -0.3 is 19.8 Å². The highest BCUT2D eigenvalue weighted by Gasteiger charge is 2.70. The lowest BCUT2D eigenvalue weighted by molar-refractivity contribution is -0.137. The molecule has 3 aromatic carbocycles. The van der Waals surface area contributed by atoms with Crippen molar-refractivity contribution in [3.05, 3.63) is 103 Å². The van der Waals surface area contributed by atoms with Crippen LogP contribution in [0.3, 0.4) is 0 Å². The molecule has 2 bridgehead atoms. The van der Waals surface area contributed by atoms with Gasteiger partial charge in [-0.05, 0) is 85.7 Å². The zero-order chi connectivity index (χ0) is 37.3. The Balaban J connectivity index is 1.10. The van der Waals surface area contributed by atoms with Crippen molar-refractivity contribution in [2.45, 2.75) is 35.7 Å². The van der Waals surface area contributed by atoms with Crippen molar-refractivity contribution < 1.29 is 41.8 Å². The molecule has 0 radical (unpaired) electrons. The molecule has 16 heteroatoms. The van der Waals surface area contributed by atoms with Crippen LogP contribution in [0.4, 0.5) is 24.5 Å². The van der Waals surface area contributed by atoms with Gasteiger partial charge in [-0.1, -0.05) is 35.1 Å². The monoisotopic (exact) mass is 783 g/mol. The molecular weight excluding hydrogens is 755 g/mol. The number of nitrogens with one attached hydrogen (secondary N) is 2. The third-order valence-corrected chi connectivity index (χ3v) is 13.3. The van der Waals surface area contributed by atoms with E-state index in [0.717, 1.165) is 28.4 Å². The minimum atomic E-state index is -4.78. The lowest BCUT2D eigenvalue weighted by Gasteiger charge is -2.43. The number of rotatable bonds is 8. The molecule has 2 saturated carbocycles. The summed E-state index contributed by atoms with van der Waals surface area (Å²) in [5.41, 5.74) is -0.195. The second-order valence-corrected chi connectivity index (χ2v) is 15.9. The Morgan fingerprint density at radius 3 is 2.43 bits per heavy atom. The number of H-pyrrole nitrogens is 1. The van der Waals surface area contributed by atoms with Gasteiger partial charge in [0.15, 0.2) is 6.61 Å². The van der Waals surface area contributed by atoms with E-state index < -0.39 is 71.4 Å². The Morgan fingerprint density at radius 1 is 1.00 bits per heavy atom. The van der Waals surface area contributed by atoms with Crippen molar-refractivity contribution in [3.63, 3.8) is 0 Å². The van der Waals surface area contributed by atoms with E-state index in [1.165, 1.54) is 36.0 Å². The van der Waals surface area contributed by atoms with Gasteiger partial charge in [0.2, 0.25) is 11.8 Å². The SMILES string of the molecule is CCOC(=O)c1ccc(NC(=O)COc2ccc(Cl)cc2[C@@H]2c3sc(=O)[nH]c3S[C@@H]3[C@@H]4C[C@@H]([C@@H]5C(=O)N(c6ccccc6C(F)(F)F)C(=O)[C@@H]45)[C@H]23)cc1. The summed E-state index contributed by atoms with van der Waals surface area (Å²) >= 11 is 8.99. The molecule has 53 heavy (non-hydrogen) atoms. The number of anilines is 2. The number of carbonyl (C=O) groups is 4. The molecule has 1 aromatic heterocycles. The number of carbonyl (C=O) groups excluding carboxylic acids is 4. The molecule has 8 rings (SSSR count). The van der Waals surface area contributed by atoms with Crippen LogP contribution in [0, 0.1) is 29.6 Å². The molecule has 3 fully saturated rings. The maximum absolute atomic E-state index is 14.1. The highest BCUT2D eigenvalue weighted by molar-refractivity contribution is 8.00. The first-order valence-electron chi connectivity index (χ1n) is 16.8. The van der Waals surface area contributed by atoms with Gasteiger partial charge in [-0.3, -0.25) is 19.2 Å². The summed E-state index contributed by atoms with van der Waals surface area (Å²) in [5.74, 6) is -5.20. The number of aromatic amines is 1. The van der Waals surface area contributed by atoms with Crippen molar-refractivity contribution in [3.8, 4) is 5.75 Å². The number of alkyl halides is 3. The van der Waals surface area contributed by atoms with E-state index in [1.807, 2.05) is 0 Å². The first kappa shape index (κ1) is 35.4. The smallest absolute Gasteiger partial charge is 0.418 e. The highest BCUT2D eigenvalue weighted by Crippen LogP contribution is 2.69. The topological polar surface area (TPSA) is 135 Å². The second-order valence-electron chi connectivity index (χ2n) is 13.3. The lowest BCUT2D eigenvalue weighted by atomic mass is 9.68. The van der Waals surface area contributed by atoms with Crippen LogP contribution in [-0.4, -0.2) is 47.1 Å². The molecule has 7 atom stereocenters. The molecule has 274 valence electrons. The number of esters is 1. The number of hydrogen-bond acceptors (Lipinski definition) is 9. The van der Waals surface area contributed by atoms with E-state index in [1.54, 1.807) is 37.3 Å². The van der Waals surface area contributed by atoms with Gasteiger partial charge in [0.1, 0.15) is 5.75 Å². The molecular formula is C37H29ClF3N3O7S2. The Morgan fingerprint density at radius 2 is 1.72 bits per heavy atom. The molecule has 4 aromatic rings. The number of hydrogen-bond donors (Lipinski definition) is 2. The number of thiazole rings is 1. The third-order valence-electron chi connectivity index (χ3n) is 10.5. The average molecular weight is 784 g/mol. The zero-order valence-corrected chi connectivity index (χ0v) is 30.0. The minimum Gasteiger partial charge on any atom is -0.483 e. The Labute approximate surface area is 313 Å². The summed E-state index contributed by atoms with van der Waals surface area (Å²) in [7, 11) is 0. The third kappa shape index (κ3) is 6.02. The molecule has 0 unspecified atom stereocenters. The lowest BCUT2D eigenvalue weighted by Crippen LogP contribution is -2.42. The maximum atomic E-state index is 14.1. The fourth-order valence-electron chi connectivity index (χ4n) is 8.65. The van der Waals surface area contributed by atoms with Crippen LogP contribution < -0.4 is 19.8 Å². The van der Waals surface area contributed by atoms with Crippen molar-refractivity contribution in [1.82, 2.24) is 4.98 Å². The van der Waals surface area contributed by atoms with Gasteiger partial charge >= 0.3 is 17.0 Å². The van der Waals surface area contributed by atoms with E-state index in [9.17, 15) is 37.1 Å². The van der Waals surface area contributed by atoms with E-state index >= 15 is 0 Å². The van der Waals surface area contributed by atoms with Gasteiger partial charge in [-0.25, -0.2) is 9.69 Å². The van der Waals surface area contributed by atoms with Crippen LogP contribution in [0.2, 0.25) is 5.02 Å². The van der Waals surface area contributed by atoms with Crippen LogP contribution in [-0.2, 0) is 25.3 Å². The normalized spacial score (nSPS) is 25.5. The molecule has 3 amide bonds. The number of thioether (sulfide) groups is 1. The minimum absolute atomic E-state index is 0.228. The number of nitrogens with zero attached hydrogens (tertiary/aromatic N) is 1. The summed E-state index contributed by atoms with van der Waals surface area (Å²) in [6.07, 6.45) is -4.27. The summed E-state index contributed by atoms with van der Waals surface area (Å²) in [6.45, 7) is 1.52. The number of ether oxygens (including phenoxy) is 2. The average Bonchev–Trinajstić information content (AvgIpc) is 3.86. The predicted molar refractivity (Wildman–Crippen MR) is 190 cm³/mol. The Hall–Kier alpha value is -4.60. The molecule has 2 aliphatic heterocycles. The van der Waals surface area contributed by atoms with Crippen molar-refractivity contribution in [2.24, 2.45) is 29.6 Å². The number of fused-ring (bicyclic) bond motifs is 9. The Kier molecular flexibility index (Phi) is 8.93. The van der Waals surface area contributed by atoms with Crippen LogP contribution in [0.5, 0.6) is 5.75 Å². The first-order valence-corrected chi connectivity index (χ1v) is 18.9. The van der Waals surface area contributed by atoms with Gasteiger partial charge in [-0.2, -0.15) is 13.2 Å². The van der Waals surface area contributed by atoms with Crippen LogP contribution in [0.1, 0.15) is 45.6 Å². The van der Waals surface area contributed by atoms with Gasteiger partial charge in [-0.15, -0.1) is 11.8 Å². The molecule has 0 spiro atoms. The van der Waals surface area contributed by atoms with Crippen molar-refractivity contribution in [1.29, 1.82) is 0 Å². The van der Waals surface area contributed by atoms with Crippen molar-refractivity contribution in [2.75, 3.05) is 23.4 Å². The number of benzene rings is 3. The summed E-state index contributed by atoms with van der Waals surface area (Å²) < 4.78 is 53.3. The zero-order valence-electron chi connectivity index (χ0n) is 27.6. The maximum Gasteiger partial charge on any atom is 0.418 e. The summed E-state index contributed by atoms with van der Waals surface area (Å²) in [4.78, 5) is 69.9. The fraction of sp³-hybridized carbons (Fsp3) is 0.324. The number of halogens is 4. The second kappa shape index (κ2) is 13.4. The van der Waals surface area contributed by atoms with Gasteiger partial charge in [0, 0.05) is 32.3 Å². The van der Waals surface area contributed by atoms with E-state index in [2.05, 4.69) is 10.3 Å². The van der Waals surface area contributed by atoms with Gasteiger partial charge in [0.25, 0.3) is 5.91 Å². The molecule has 2 aliphatic carbocycles. The fourth-order valence-corrected chi connectivity index (χ4v) is 11.7. The van der Waals surface area contributed by atoms with E-state index in [-0.39, 0.29) is 28.6 Å². The molecule has 10 nitrogen and oxygen atoms in total. The quantitative estimate of drug-likeness (QED) is 0.145. The molecule has 2 N–H and O–H groups in total. The number of para-hydroxylation sites is 1. The first-order chi connectivity index (χ1) is 25.3. The van der Waals surface area contributed by atoms with Crippen LogP contribution in [0.25, 0.3) is 0 Å². The number of aromatic nitrogens is 1. The van der Waals surface area contributed by atoms with E-state index in [0.29, 0.717) is 43.9 Å². The summed E-state index contributed by atoms with van der Waals surface area (Å²) in [6, 6.07) is 15.7. The summed E-state index contributed by atoms with van der Waals surface area (Å²) in [5, 5.41) is 3.45. The standard InChI is InChI=1S/C37H29ClF3N3O7S2/c1-2-50-35(48)16-7-10-18(11-8-16)42-25(45)15-51-24-12-9-17(38)13-19(24)26-27-20-14-21(30(27)52-32-31(26)53-36(49)43-32)29-28(20)33(46)44(34(29)47)23-6-4-3-5-22(23)37(39,40)41/h3-13,20-21,26-30H,2,14-15H2,1H3,(H,42,45)(H,43,49)/t20-,21-,26+,27-,28+,29+,30-/m1/s1. The molecule has 1 saturated heterocycles. The number of amides is 3. The van der Waals surface area contributed by atoms with Crippen LogP contribution >= 0.6 is 34.7 Å². The Bertz CT molecular complexity index is 2230. The highest BCUT2D eigenvalue weighted by atomic mass is 35.5. The largest absolute Gasteiger partial charge is 0.483 e. The molecule has 3 heterocycles. The number of imide groups is 1.